The summed E-state index contributed by atoms with van der Waals surface area (Å²) in [6.45, 7) is 5.67. The minimum atomic E-state index is -0.932. The van der Waals surface area contributed by atoms with E-state index in [1.807, 2.05) is 6.07 Å². The van der Waals surface area contributed by atoms with Crippen LogP contribution >= 0.6 is 0 Å². The molecule has 7 nitrogen and oxygen atoms in total. The van der Waals surface area contributed by atoms with Crippen LogP contribution in [0.1, 0.15) is 52.9 Å². The zero-order valence-electron chi connectivity index (χ0n) is 18.1. The summed E-state index contributed by atoms with van der Waals surface area (Å²) in [5.74, 6) is -1.17. The summed E-state index contributed by atoms with van der Waals surface area (Å²) in [5, 5.41) is 8.13. The summed E-state index contributed by atoms with van der Waals surface area (Å²) < 4.78 is 5.32. The number of para-hydroxylation sites is 1. The quantitative estimate of drug-likeness (QED) is 0.422. The number of urea groups is 1. The maximum atomic E-state index is 12.6. The van der Waals surface area contributed by atoms with Crippen molar-refractivity contribution < 1.29 is 19.1 Å². The topological polar surface area (TPSA) is 96.5 Å². The van der Waals surface area contributed by atoms with E-state index in [1.165, 1.54) is 25.3 Å². The highest BCUT2D eigenvalue weighted by Gasteiger charge is 2.29. The number of allylic oxidation sites excluding steroid dienone is 1. The molecule has 0 heterocycles. The molecule has 3 N–H and O–H groups in total. The molecule has 1 aromatic rings. The van der Waals surface area contributed by atoms with Crippen molar-refractivity contribution in [3.63, 3.8) is 0 Å². The van der Waals surface area contributed by atoms with Crippen LogP contribution in [0, 0.1) is 5.92 Å². The summed E-state index contributed by atoms with van der Waals surface area (Å²) in [6, 6.07) is 7.57. The molecule has 0 saturated carbocycles. The second kappa shape index (κ2) is 12.0. The summed E-state index contributed by atoms with van der Waals surface area (Å²) in [7, 11) is 0. The fourth-order valence-electron chi connectivity index (χ4n) is 3.25. The molecule has 1 aliphatic rings. The monoisotopic (exact) mass is 415 g/mol. The van der Waals surface area contributed by atoms with Gasteiger partial charge in [0.15, 0.2) is 6.10 Å². The van der Waals surface area contributed by atoms with E-state index in [0.717, 1.165) is 19.3 Å². The summed E-state index contributed by atoms with van der Waals surface area (Å²) in [4.78, 5) is 37.1. The average Bonchev–Trinajstić information content (AvgIpc) is 2.73. The SMILES string of the molecule is CC(C)[C@@H](NC(=O)Nc1ccccc1)C(=O)O[C@@H](C)C(=O)NCCC1=CCCCC1. The zero-order valence-corrected chi connectivity index (χ0v) is 18.1. The van der Waals surface area contributed by atoms with Crippen LogP contribution in [0.2, 0.25) is 0 Å². The lowest BCUT2D eigenvalue weighted by atomic mass is 9.97. The molecule has 0 radical (unpaired) electrons. The number of rotatable bonds is 9. The summed E-state index contributed by atoms with van der Waals surface area (Å²) >= 11 is 0. The Hall–Kier alpha value is -2.83. The lowest BCUT2D eigenvalue weighted by Crippen LogP contribution is -2.49. The van der Waals surface area contributed by atoms with Crippen molar-refractivity contribution in [1.82, 2.24) is 10.6 Å². The smallest absolute Gasteiger partial charge is 0.329 e. The molecule has 7 heteroatoms. The van der Waals surface area contributed by atoms with E-state index >= 15 is 0 Å². The third-order valence-corrected chi connectivity index (χ3v) is 5.03. The first-order valence-corrected chi connectivity index (χ1v) is 10.7. The Morgan fingerprint density at radius 1 is 1.07 bits per heavy atom. The Morgan fingerprint density at radius 3 is 2.43 bits per heavy atom. The predicted molar refractivity (Wildman–Crippen MR) is 117 cm³/mol. The molecule has 30 heavy (non-hydrogen) atoms. The Morgan fingerprint density at radius 2 is 1.80 bits per heavy atom. The molecule has 0 unspecified atom stereocenters. The molecule has 3 amide bonds. The number of ether oxygens (including phenoxy) is 1. The first kappa shape index (κ1) is 23.4. The first-order valence-electron chi connectivity index (χ1n) is 10.7. The lowest BCUT2D eigenvalue weighted by molar-refractivity contribution is -0.157. The van der Waals surface area contributed by atoms with Crippen molar-refractivity contribution in [2.75, 3.05) is 11.9 Å². The molecule has 0 aliphatic heterocycles. The molecule has 0 spiro atoms. The van der Waals surface area contributed by atoms with E-state index < -0.39 is 24.1 Å². The Labute approximate surface area is 178 Å². The Kier molecular flexibility index (Phi) is 9.38. The summed E-state index contributed by atoms with van der Waals surface area (Å²) in [6.07, 6.45) is 6.78. The standard InChI is InChI=1S/C23H33N3O4/c1-16(2)20(26-23(29)25-19-12-8-5-9-13-19)22(28)30-17(3)21(27)24-15-14-18-10-6-4-7-11-18/h5,8-10,12-13,16-17,20H,4,6-7,11,14-15H2,1-3H3,(H,24,27)(H2,25,26,29)/t17-,20+/m0/s1. The van der Waals surface area contributed by atoms with E-state index in [2.05, 4.69) is 22.0 Å². The second-order valence-corrected chi connectivity index (χ2v) is 7.91. The van der Waals surface area contributed by atoms with E-state index in [4.69, 9.17) is 4.74 Å². The van der Waals surface area contributed by atoms with Crippen LogP contribution in [0.4, 0.5) is 10.5 Å². The minimum Gasteiger partial charge on any atom is -0.451 e. The summed E-state index contributed by atoms with van der Waals surface area (Å²) in [5.41, 5.74) is 1.99. The van der Waals surface area contributed by atoms with Crippen molar-refractivity contribution in [2.45, 2.75) is 65.0 Å². The van der Waals surface area contributed by atoms with Gasteiger partial charge < -0.3 is 20.7 Å². The van der Waals surface area contributed by atoms with E-state index in [1.54, 1.807) is 38.1 Å². The van der Waals surface area contributed by atoms with Gasteiger partial charge in [-0.25, -0.2) is 9.59 Å². The minimum absolute atomic E-state index is 0.201. The van der Waals surface area contributed by atoms with E-state index in [0.29, 0.717) is 12.2 Å². The number of carbonyl (C=O) groups is 3. The zero-order chi connectivity index (χ0) is 21.9. The molecule has 1 aliphatic carbocycles. The van der Waals surface area contributed by atoms with Crippen molar-refractivity contribution >= 4 is 23.6 Å². The van der Waals surface area contributed by atoms with Crippen LogP contribution in [0.5, 0.6) is 0 Å². The van der Waals surface area contributed by atoms with Gasteiger partial charge in [0.2, 0.25) is 0 Å². The van der Waals surface area contributed by atoms with Gasteiger partial charge in [0, 0.05) is 12.2 Å². The number of benzene rings is 1. The van der Waals surface area contributed by atoms with Crippen molar-refractivity contribution in [3.05, 3.63) is 42.0 Å². The number of anilines is 1. The fraction of sp³-hybridized carbons (Fsp3) is 0.522. The Balaban J connectivity index is 1.80. The van der Waals surface area contributed by atoms with Gasteiger partial charge in [-0.1, -0.05) is 43.7 Å². The van der Waals surface area contributed by atoms with Gasteiger partial charge in [-0.2, -0.15) is 0 Å². The number of carbonyl (C=O) groups excluding carboxylic acids is 3. The maximum Gasteiger partial charge on any atom is 0.329 e. The van der Waals surface area contributed by atoms with Crippen molar-refractivity contribution in [2.24, 2.45) is 5.92 Å². The number of amides is 3. The molecule has 0 saturated heterocycles. The molecular formula is C23H33N3O4. The third-order valence-electron chi connectivity index (χ3n) is 5.03. The van der Waals surface area contributed by atoms with E-state index in [-0.39, 0.29) is 11.8 Å². The third kappa shape index (κ3) is 7.89. The van der Waals surface area contributed by atoms with Crippen molar-refractivity contribution in [1.29, 1.82) is 0 Å². The fourth-order valence-corrected chi connectivity index (χ4v) is 3.25. The van der Waals surface area contributed by atoms with Gasteiger partial charge in [-0.15, -0.1) is 0 Å². The molecule has 2 rings (SSSR count). The highest BCUT2D eigenvalue weighted by Crippen LogP contribution is 2.19. The highest BCUT2D eigenvalue weighted by molar-refractivity contribution is 5.93. The van der Waals surface area contributed by atoms with Crippen LogP contribution in [-0.4, -0.2) is 36.6 Å². The number of hydrogen-bond acceptors (Lipinski definition) is 4. The van der Waals surface area contributed by atoms with Gasteiger partial charge in [0.05, 0.1) is 0 Å². The van der Waals surface area contributed by atoms with Crippen LogP contribution < -0.4 is 16.0 Å². The van der Waals surface area contributed by atoms with Gasteiger partial charge in [-0.3, -0.25) is 4.79 Å². The van der Waals surface area contributed by atoms with Gasteiger partial charge >= 0.3 is 12.0 Å². The number of hydrogen-bond donors (Lipinski definition) is 3. The molecule has 0 aromatic heterocycles. The van der Waals surface area contributed by atoms with Crippen molar-refractivity contribution in [3.8, 4) is 0 Å². The second-order valence-electron chi connectivity index (χ2n) is 7.91. The van der Waals surface area contributed by atoms with Crippen LogP contribution in [0.25, 0.3) is 0 Å². The maximum absolute atomic E-state index is 12.6. The largest absolute Gasteiger partial charge is 0.451 e. The molecule has 0 bridgehead atoms. The molecule has 164 valence electrons. The predicted octanol–water partition coefficient (Wildman–Crippen LogP) is 3.77. The number of nitrogens with one attached hydrogen (secondary N) is 3. The van der Waals surface area contributed by atoms with Crippen LogP contribution in [0.3, 0.4) is 0 Å². The molecular weight excluding hydrogens is 382 g/mol. The molecule has 1 aromatic carbocycles. The lowest BCUT2D eigenvalue weighted by Gasteiger charge is -2.23. The van der Waals surface area contributed by atoms with E-state index in [9.17, 15) is 14.4 Å². The highest BCUT2D eigenvalue weighted by atomic mass is 16.5. The van der Waals surface area contributed by atoms with Gasteiger partial charge in [0.25, 0.3) is 5.91 Å². The first-order chi connectivity index (χ1) is 14.4. The Bertz CT molecular complexity index is 746. The number of esters is 1. The average molecular weight is 416 g/mol. The molecule has 2 atom stereocenters. The van der Waals surface area contributed by atoms with Crippen LogP contribution in [0.15, 0.2) is 42.0 Å². The van der Waals surface area contributed by atoms with Crippen LogP contribution in [-0.2, 0) is 14.3 Å². The van der Waals surface area contributed by atoms with Gasteiger partial charge in [0.1, 0.15) is 6.04 Å². The van der Waals surface area contributed by atoms with Gasteiger partial charge in [-0.05, 0) is 57.1 Å². The molecule has 0 fully saturated rings. The normalized spacial score (nSPS) is 15.5.